The molecule has 29 heavy (non-hydrogen) atoms. The number of pyridine rings is 1. The summed E-state index contributed by atoms with van der Waals surface area (Å²) in [5, 5.41) is 1.41. The summed E-state index contributed by atoms with van der Waals surface area (Å²) < 4.78 is 9.23. The molecule has 152 valence electrons. The second-order valence-corrected chi connectivity index (χ2v) is 8.86. The SMILES string of the molecule is Cc1ccc2c(c1)c1c(n2CC(OC2CCCC2)c2cccnc2)CCN(C)C1. The molecule has 3 heterocycles. The number of likely N-dealkylation sites (N-methyl/N-ethyl adjacent to an activating group) is 1. The van der Waals surface area contributed by atoms with Crippen molar-refractivity contribution in [3.63, 3.8) is 0 Å². The molecule has 1 aromatic carbocycles. The topological polar surface area (TPSA) is 30.3 Å². The fourth-order valence-electron chi connectivity index (χ4n) is 5.12. The zero-order valence-corrected chi connectivity index (χ0v) is 17.6. The number of hydrogen-bond acceptors (Lipinski definition) is 3. The van der Waals surface area contributed by atoms with Crippen molar-refractivity contribution in [3.05, 3.63) is 65.1 Å². The number of aromatic nitrogens is 2. The van der Waals surface area contributed by atoms with Gasteiger partial charge in [0.15, 0.2) is 0 Å². The minimum atomic E-state index is 0.0486. The quantitative estimate of drug-likeness (QED) is 0.613. The Balaban J connectivity index is 1.56. The van der Waals surface area contributed by atoms with E-state index in [1.54, 1.807) is 0 Å². The van der Waals surface area contributed by atoms with E-state index in [0.717, 1.165) is 26.1 Å². The zero-order valence-electron chi connectivity index (χ0n) is 17.6. The molecule has 0 radical (unpaired) electrons. The Hall–Kier alpha value is -2.17. The van der Waals surface area contributed by atoms with Crippen molar-refractivity contribution in [2.24, 2.45) is 0 Å². The van der Waals surface area contributed by atoms with E-state index in [0.29, 0.717) is 6.10 Å². The average Bonchev–Trinajstić information content (AvgIpc) is 3.35. The van der Waals surface area contributed by atoms with Crippen LogP contribution in [0.4, 0.5) is 0 Å². The Morgan fingerprint density at radius 2 is 2.07 bits per heavy atom. The fraction of sp³-hybridized carbons (Fsp3) is 0.480. The predicted molar refractivity (Wildman–Crippen MR) is 117 cm³/mol. The number of benzene rings is 1. The van der Waals surface area contributed by atoms with Crippen LogP contribution >= 0.6 is 0 Å². The Morgan fingerprint density at radius 3 is 2.86 bits per heavy atom. The molecule has 0 saturated heterocycles. The molecule has 0 bridgehead atoms. The summed E-state index contributed by atoms with van der Waals surface area (Å²) in [5.74, 6) is 0. The first-order valence-electron chi connectivity index (χ1n) is 11.0. The summed E-state index contributed by atoms with van der Waals surface area (Å²) >= 11 is 0. The second-order valence-electron chi connectivity index (χ2n) is 8.86. The van der Waals surface area contributed by atoms with Crippen molar-refractivity contribution in [1.29, 1.82) is 0 Å². The third kappa shape index (κ3) is 3.72. The van der Waals surface area contributed by atoms with Crippen LogP contribution in [-0.2, 0) is 24.2 Å². The van der Waals surface area contributed by atoms with Gasteiger partial charge >= 0.3 is 0 Å². The highest BCUT2D eigenvalue weighted by Crippen LogP contribution is 2.35. The smallest absolute Gasteiger partial charge is 0.102 e. The van der Waals surface area contributed by atoms with Crippen molar-refractivity contribution in [1.82, 2.24) is 14.5 Å². The first-order chi connectivity index (χ1) is 14.2. The van der Waals surface area contributed by atoms with Gasteiger partial charge in [0.25, 0.3) is 0 Å². The molecular formula is C25H31N3O. The molecule has 2 aromatic heterocycles. The van der Waals surface area contributed by atoms with Crippen molar-refractivity contribution in [2.75, 3.05) is 13.6 Å². The lowest BCUT2D eigenvalue weighted by molar-refractivity contribution is -0.0184. The fourth-order valence-corrected chi connectivity index (χ4v) is 5.12. The molecular weight excluding hydrogens is 358 g/mol. The summed E-state index contributed by atoms with van der Waals surface area (Å²) in [4.78, 5) is 6.82. The standard InChI is InChI=1S/C25H31N3O/c1-18-9-10-23-21(14-18)22-16-27(2)13-11-24(22)28(23)17-25(19-6-5-12-26-15-19)29-20-7-3-4-8-20/h5-6,9-10,12,14-15,20,25H,3-4,7-8,11,13,16-17H2,1-2H3. The summed E-state index contributed by atoms with van der Waals surface area (Å²) in [6.45, 7) is 5.20. The van der Waals surface area contributed by atoms with Gasteiger partial charge in [0.1, 0.15) is 6.10 Å². The van der Waals surface area contributed by atoms with E-state index in [-0.39, 0.29) is 6.10 Å². The summed E-state index contributed by atoms with van der Waals surface area (Å²) in [6, 6.07) is 11.1. The highest BCUT2D eigenvalue weighted by Gasteiger charge is 2.27. The van der Waals surface area contributed by atoms with Gasteiger partial charge in [-0.25, -0.2) is 0 Å². The molecule has 0 N–H and O–H groups in total. The van der Waals surface area contributed by atoms with Gasteiger partial charge in [0, 0.05) is 54.1 Å². The molecule has 4 nitrogen and oxygen atoms in total. The van der Waals surface area contributed by atoms with Gasteiger partial charge in [-0.3, -0.25) is 4.98 Å². The van der Waals surface area contributed by atoms with Gasteiger partial charge in [0.2, 0.25) is 0 Å². The van der Waals surface area contributed by atoms with E-state index in [9.17, 15) is 0 Å². The minimum absolute atomic E-state index is 0.0486. The molecule has 5 rings (SSSR count). The number of rotatable bonds is 5. The lowest BCUT2D eigenvalue weighted by Gasteiger charge is -2.27. The molecule has 1 unspecified atom stereocenters. The van der Waals surface area contributed by atoms with Crippen LogP contribution in [0.3, 0.4) is 0 Å². The molecule has 0 spiro atoms. The minimum Gasteiger partial charge on any atom is -0.368 e. The third-order valence-electron chi connectivity index (χ3n) is 6.66. The van der Waals surface area contributed by atoms with Gasteiger partial charge in [-0.05, 0) is 50.6 Å². The second kappa shape index (κ2) is 7.92. The molecule has 2 aliphatic rings. The Labute approximate surface area is 173 Å². The number of ether oxygens (including phenoxy) is 1. The molecule has 1 atom stereocenters. The van der Waals surface area contributed by atoms with Crippen molar-refractivity contribution >= 4 is 10.9 Å². The molecule has 1 fully saturated rings. The Kier molecular flexibility index (Phi) is 5.15. The maximum absolute atomic E-state index is 6.68. The molecule has 4 heteroatoms. The molecule has 1 aliphatic heterocycles. The lowest BCUT2D eigenvalue weighted by atomic mass is 10.0. The summed E-state index contributed by atoms with van der Waals surface area (Å²) in [6.07, 6.45) is 10.3. The largest absolute Gasteiger partial charge is 0.368 e. The van der Waals surface area contributed by atoms with Gasteiger partial charge < -0.3 is 14.2 Å². The highest BCUT2D eigenvalue weighted by atomic mass is 16.5. The van der Waals surface area contributed by atoms with Crippen LogP contribution in [0.2, 0.25) is 0 Å². The normalized spacial score (nSPS) is 19.0. The van der Waals surface area contributed by atoms with Crippen LogP contribution < -0.4 is 0 Å². The van der Waals surface area contributed by atoms with Crippen LogP contribution in [0.5, 0.6) is 0 Å². The third-order valence-corrected chi connectivity index (χ3v) is 6.66. The molecule has 1 saturated carbocycles. The maximum atomic E-state index is 6.68. The van der Waals surface area contributed by atoms with Crippen molar-refractivity contribution < 1.29 is 4.74 Å². The monoisotopic (exact) mass is 389 g/mol. The van der Waals surface area contributed by atoms with E-state index in [4.69, 9.17) is 4.74 Å². The molecule has 1 aliphatic carbocycles. The highest BCUT2D eigenvalue weighted by molar-refractivity contribution is 5.86. The van der Waals surface area contributed by atoms with E-state index >= 15 is 0 Å². The van der Waals surface area contributed by atoms with Crippen LogP contribution in [0.1, 0.15) is 54.2 Å². The van der Waals surface area contributed by atoms with Gasteiger partial charge in [0.05, 0.1) is 12.6 Å². The van der Waals surface area contributed by atoms with Gasteiger partial charge in [-0.15, -0.1) is 0 Å². The first kappa shape index (κ1) is 18.8. The van der Waals surface area contributed by atoms with Crippen LogP contribution in [0.25, 0.3) is 10.9 Å². The number of aryl methyl sites for hydroxylation is 1. The summed E-state index contributed by atoms with van der Waals surface area (Å²) in [7, 11) is 2.23. The molecule has 0 amide bonds. The Bertz CT molecular complexity index is 988. The summed E-state index contributed by atoms with van der Waals surface area (Å²) in [5.41, 5.74) is 6.86. The van der Waals surface area contributed by atoms with E-state index in [2.05, 4.69) is 52.7 Å². The number of nitrogens with zero attached hydrogens (tertiary/aromatic N) is 3. The van der Waals surface area contributed by atoms with Gasteiger partial charge in [-0.2, -0.15) is 0 Å². The van der Waals surface area contributed by atoms with Crippen LogP contribution in [0, 0.1) is 6.92 Å². The zero-order chi connectivity index (χ0) is 19.8. The average molecular weight is 390 g/mol. The van der Waals surface area contributed by atoms with Crippen molar-refractivity contribution in [3.8, 4) is 0 Å². The maximum Gasteiger partial charge on any atom is 0.102 e. The van der Waals surface area contributed by atoms with Gasteiger partial charge in [-0.1, -0.05) is 30.5 Å². The predicted octanol–water partition coefficient (Wildman–Crippen LogP) is 5.03. The van der Waals surface area contributed by atoms with E-state index in [1.807, 2.05) is 18.5 Å². The van der Waals surface area contributed by atoms with Crippen LogP contribution in [0.15, 0.2) is 42.7 Å². The first-order valence-corrected chi connectivity index (χ1v) is 11.0. The number of fused-ring (bicyclic) bond motifs is 3. The van der Waals surface area contributed by atoms with E-state index < -0.39 is 0 Å². The van der Waals surface area contributed by atoms with Crippen molar-refractivity contribution in [2.45, 2.75) is 64.3 Å². The molecule has 3 aromatic rings. The van der Waals surface area contributed by atoms with Crippen LogP contribution in [-0.4, -0.2) is 34.1 Å². The van der Waals surface area contributed by atoms with E-state index in [1.165, 1.54) is 59.0 Å². The Morgan fingerprint density at radius 1 is 1.21 bits per heavy atom. The lowest BCUT2D eigenvalue weighted by Crippen LogP contribution is -2.28. The number of hydrogen-bond donors (Lipinski definition) is 0.